The van der Waals surface area contributed by atoms with Crippen molar-refractivity contribution in [3.8, 4) is 16.9 Å². The van der Waals surface area contributed by atoms with Gasteiger partial charge >= 0.3 is 0 Å². The number of rotatable bonds is 2. The first-order valence-electron chi connectivity index (χ1n) is 7.42. The van der Waals surface area contributed by atoms with Crippen LogP contribution in [0.3, 0.4) is 0 Å². The van der Waals surface area contributed by atoms with Gasteiger partial charge in [-0.05, 0) is 39.4 Å². The van der Waals surface area contributed by atoms with E-state index in [1.165, 1.54) is 32.7 Å². The Morgan fingerprint density at radius 3 is 2.23 bits per heavy atom. The number of methoxy groups -OCH3 is 1. The zero-order valence-corrected chi connectivity index (χ0v) is 12.4. The highest BCUT2D eigenvalue weighted by atomic mass is 16.5. The van der Waals surface area contributed by atoms with Crippen LogP contribution in [0.1, 0.15) is 0 Å². The molecule has 0 atom stereocenters. The van der Waals surface area contributed by atoms with Gasteiger partial charge in [0.05, 0.1) is 7.11 Å². The van der Waals surface area contributed by atoms with Gasteiger partial charge in [0.1, 0.15) is 5.75 Å². The van der Waals surface area contributed by atoms with Gasteiger partial charge in [-0.2, -0.15) is 0 Å². The summed E-state index contributed by atoms with van der Waals surface area (Å²) in [6.07, 6.45) is 0. The zero-order chi connectivity index (χ0) is 14.9. The highest BCUT2D eigenvalue weighted by molar-refractivity contribution is 6.16. The molecule has 4 aromatic rings. The van der Waals surface area contributed by atoms with Crippen LogP contribution in [0.5, 0.6) is 5.75 Å². The predicted octanol–water partition coefficient (Wildman–Crippen LogP) is 5.67. The number of ether oxygens (including phenoxy) is 1. The third kappa shape index (κ3) is 1.94. The van der Waals surface area contributed by atoms with Gasteiger partial charge in [0.15, 0.2) is 0 Å². The van der Waals surface area contributed by atoms with Crippen LogP contribution in [0.4, 0.5) is 0 Å². The first kappa shape index (κ1) is 12.9. The van der Waals surface area contributed by atoms with Crippen molar-refractivity contribution in [2.75, 3.05) is 7.11 Å². The Hall–Kier alpha value is -2.80. The Balaban J connectivity index is 2.21. The second kappa shape index (κ2) is 5.19. The van der Waals surface area contributed by atoms with Gasteiger partial charge in [-0.1, -0.05) is 66.7 Å². The Labute approximate surface area is 129 Å². The molecule has 0 saturated heterocycles. The molecule has 0 fully saturated rings. The molecule has 0 aromatic heterocycles. The lowest BCUT2D eigenvalue weighted by molar-refractivity contribution is 0.420. The van der Waals surface area contributed by atoms with Crippen LogP contribution in [0.2, 0.25) is 0 Å². The Morgan fingerprint density at radius 2 is 1.41 bits per heavy atom. The third-order valence-electron chi connectivity index (χ3n) is 4.15. The molecule has 4 aromatic carbocycles. The monoisotopic (exact) mass is 284 g/mol. The van der Waals surface area contributed by atoms with Crippen LogP contribution in [0.15, 0.2) is 78.9 Å². The fourth-order valence-electron chi connectivity index (χ4n) is 3.14. The van der Waals surface area contributed by atoms with E-state index in [1.807, 2.05) is 12.1 Å². The van der Waals surface area contributed by atoms with Crippen LogP contribution < -0.4 is 4.74 Å². The van der Waals surface area contributed by atoms with E-state index in [-0.39, 0.29) is 0 Å². The summed E-state index contributed by atoms with van der Waals surface area (Å²) in [6, 6.07) is 27.5. The van der Waals surface area contributed by atoms with E-state index in [0.717, 1.165) is 5.75 Å². The maximum Gasteiger partial charge on any atom is 0.127 e. The van der Waals surface area contributed by atoms with E-state index < -0.39 is 0 Å². The van der Waals surface area contributed by atoms with Crippen LogP contribution in [0.25, 0.3) is 32.7 Å². The molecule has 22 heavy (non-hydrogen) atoms. The van der Waals surface area contributed by atoms with Crippen molar-refractivity contribution in [2.45, 2.75) is 0 Å². The standard InChI is InChI=1S/C21H16O/c1-22-20-13-7-12-18-19(15-8-3-2-4-9-15)14-16-10-5-6-11-17(16)21(18)20/h2-14H,1H3. The Morgan fingerprint density at radius 1 is 0.682 bits per heavy atom. The van der Waals surface area contributed by atoms with E-state index in [0.29, 0.717) is 0 Å². The molecule has 1 nitrogen and oxygen atoms in total. The molecule has 0 aliphatic heterocycles. The molecule has 0 aliphatic rings. The lowest BCUT2D eigenvalue weighted by Crippen LogP contribution is -1.89. The Bertz CT molecular complexity index is 955. The van der Waals surface area contributed by atoms with Crippen molar-refractivity contribution in [2.24, 2.45) is 0 Å². The quantitative estimate of drug-likeness (QED) is 0.431. The fourth-order valence-corrected chi connectivity index (χ4v) is 3.14. The molecule has 0 spiro atoms. The molecule has 0 saturated carbocycles. The van der Waals surface area contributed by atoms with Crippen molar-refractivity contribution in [3.05, 3.63) is 78.9 Å². The third-order valence-corrected chi connectivity index (χ3v) is 4.15. The molecular weight excluding hydrogens is 268 g/mol. The SMILES string of the molecule is COc1cccc2c(-c3ccccc3)cc3ccccc3c12. The van der Waals surface area contributed by atoms with Crippen LogP contribution in [-0.4, -0.2) is 7.11 Å². The molecule has 4 rings (SSSR count). The topological polar surface area (TPSA) is 9.23 Å². The summed E-state index contributed by atoms with van der Waals surface area (Å²) in [5.41, 5.74) is 2.47. The van der Waals surface area contributed by atoms with Gasteiger partial charge in [0, 0.05) is 5.39 Å². The highest BCUT2D eigenvalue weighted by Crippen LogP contribution is 2.39. The van der Waals surface area contributed by atoms with Gasteiger partial charge in [-0.25, -0.2) is 0 Å². The van der Waals surface area contributed by atoms with Crippen molar-refractivity contribution < 1.29 is 4.74 Å². The largest absolute Gasteiger partial charge is 0.496 e. The average Bonchev–Trinajstić information content (AvgIpc) is 2.61. The van der Waals surface area contributed by atoms with Crippen molar-refractivity contribution in [1.29, 1.82) is 0 Å². The normalized spacial score (nSPS) is 11.0. The number of fused-ring (bicyclic) bond motifs is 3. The van der Waals surface area contributed by atoms with Crippen molar-refractivity contribution >= 4 is 21.5 Å². The van der Waals surface area contributed by atoms with Crippen LogP contribution in [-0.2, 0) is 0 Å². The molecular formula is C21H16O. The van der Waals surface area contributed by atoms with Gasteiger partial charge < -0.3 is 4.74 Å². The summed E-state index contributed by atoms with van der Waals surface area (Å²) in [4.78, 5) is 0. The minimum atomic E-state index is 0.923. The van der Waals surface area contributed by atoms with Crippen molar-refractivity contribution in [3.63, 3.8) is 0 Å². The second-order valence-electron chi connectivity index (χ2n) is 5.39. The minimum absolute atomic E-state index is 0.923. The molecule has 0 aliphatic carbocycles. The lowest BCUT2D eigenvalue weighted by Gasteiger charge is -2.13. The number of hydrogen-bond donors (Lipinski definition) is 0. The minimum Gasteiger partial charge on any atom is -0.496 e. The molecule has 106 valence electrons. The van der Waals surface area contributed by atoms with E-state index >= 15 is 0 Å². The molecule has 0 heterocycles. The van der Waals surface area contributed by atoms with E-state index in [2.05, 4.69) is 66.7 Å². The molecule has 0 N–H and O–H groups in total. The van der Waals surface area contributed by atoms with Gasteiger partial charge in [0.25, 0.3) is 0 Å². The highest BCUT2D eigenvalue weighted by Gasteiger charge is 2.11. The molecule has 0 bridgehead atoms. The summed E-state index contributed by atoms with van der Waals surface area (Å²) in [7, 11) is 1.73. The summed E-state index contributed by atoms with van der Waals surface area (Å²) in [5, 5.41) is 4.87. The van der Waals surface area contributed by atoms with Crippen molar-refractivity contribution in [1.82, 2.24) is 0 Å². The summed E-state index contributed by atoms with van der Waals surface area (Å²) < 4.78 is 5.63. The van der Waals surface area contributed by atoms with Crippen LogP contribution in [0, 0.1) is 0 Å². The summed E-state index contributed by atoms with van der Waals surface area (Å²) in [5.74, 6) is 0.923. The molecule has 0 amide bonds. The van der Waals surface area contributed by atoms with E-state index in [9.17, 15) is 0 Å². The fraction of sp³-hybridized carbons (Fsp3) is 0.0476. The summed E-state index contributed by atoms with van der Waals surface area (Å²) in [6.45, 7) is 0. The van der Waals surface area contributed by atoms with Gasteiger partial charge in [-0.3, -0.25) is 0 Å². The maximum absolute atomic E-state index is 5.63. The molecule has 1 heteroatoms. The van der Waals surface area contributed by atoms with E-state index in [4.69, 9.17) is 4.74 Å². The summed E-state index contributed by atoms with van der Waals surface area (Å²) >= 11 is 0. The maximum atomic E-state index is 5.63. The van der Waals surface area contributed by atoms with Crippen LogP contribution >= 0.6 is 0 Å². The molecule has 0 unspecified atom stereocenters. The smallest absolute Gasteiger partial charge is 0.127 e. The number of benzene rings is 4. The predicted molar refractivity (Wildman–Crippen MR) is 93.4 cm³/mol. The second-order valence-corrected chi connectivity index (χ2v) is 5.39. The van der Waals surface area contributed by atoms with Gasteiger partial charge in [-0.15, -0.1) is 0 Å². The number of hydrogen-bond acceptors (Lipinski definition) is 1. The lowest BCUT2D eigenvalue weighted by atomic mass is 9.93. The Kier molecular flexibility index (Phi) is 3.05. The zero-order valence-electron chi connectivity index (χ0n) is 12.4. The van der Waals surface area contributed by atoms with E-state index in [1.54, 1.807) is 7.11 Å². The van der Waals surface area contributed by atoms with Gasteiger partial charge in [0.2, 0.25) is 0 Å². The average molecular weight is 284 g/mol. The first-order chi connectivity index (χ1) is 10.9. The molecule has 0 radical (unpaired) electrons. The first-order valence-corrected chi connectivity index (χ1v) is 7.42.